The summed E-state index contributed by atoms with van der Waals surface area (Å²) in [6, 6.07) is 4.52. The van der Waals surface area contributed by atoms with Gasteiger partial charge in [0.15, 0.2) is 0 Å². The first kappa shape index (κ1) is 20.2. The molecule has 0 spiro atoms. The minimum atomic E-state index is -1.02. The molecule has 2 aliphatic heterocycles. The highest BCUT2D eigenvalue weighted by molar-refractivity contribution is 6.06. The monoisotopic (exact) mass is 464 g/mol. The lowest BCUT2D eigenvalue weighted by atomic mass is 9.62. The summed E-state index contributed by atoms with van der Waals surface area (Å²) in [5.74, 6) is -0.000584. The number of ether oxygens (including phenoxy) is 2. The van der Waals surface area contributed by atoms with Crippen LogP contribution in [0.5, 0.6) is 5.75 Å². The Morgan fingerprint density at radius 2 is 2.12 bits per heavy atom. The highest BCUT2D eigenvalue weighted by Gasteiger charge is 2.61. The van der Waals surface area contributed by atoms with Crippen LogP contribution in [0.1, 0.15) is 61.1 Å². The van der Waals surface area contributed by atoms with E-state index in [9.17, 15) is 14.0 Å². The Morgan fingerprint density at radius 3 is 2.79 bits per heavy atom. The van der Waals surface area contributed by atoms with Crippen LogP contribution in [-0.2, 0) is 10.2 Å². The largest absolute Gasteiger partial charge is 0.489 e. The number of rotatable bonds is 6. The van der Waals surface area contributed by atoms with Gasteiger partial charge in [-0.05, 0) is 44.7 Å². The zero-order valence-electron chi connectivity index (χ0n) is 18.8. The predicted molar refractivity (Wildman–Crippen MR) is 121 cm³/mol. The van der Waals surface area contributed by atoms with Gasteiger partial charge in [-0.15, -0.1) is 0 Å². The summed E-state index contributed by atoms with van der Waals surface area (Å²) < 4.78 is 28.7. The number of halogens is 1. The summed E-state index contributed by atoms with van der Waals surface area (Å²) in [4.78, 5) is 30.9. The van der Waals surface area contributed by atoms with Crippen molar-refractivity contribution in [3.63, 3.8) is 0 Å². The molecule has 0 aromatic carbocycles. The van der Waals surface area contributed by atoms with E-state index in [1.165, 1.54) is 10.6 Å². The summed E-state index contributed by atoms with van der Waals surface area (Å²) in [7, 11) is 0. The van der Waals surface area contributed by atoms with Gasteiger partial charge in [-0.1, -0.05) is 0 Å². The molecule has 8 nitrogen and oxygen atoms in total. The Balaban J connectivity index is 1.23. The molecule has 5 heterocycles. The second-order valence-electron chi connectivity index (χ2n) is 10.5. The Hall–Kier alpha value is -3.20. The number of alkyl halides is 1. The van der Waals surface area contributed by atoms with E-state index in [1.54, 1.807) is 24.5 Å². The predicted octanol–water partition coefficient (Wildman–Crippen LogP) is 3.39. The summed E-state index contributed by atoms with van der Waals surface area (Å²) in [6.07, 6.45) is 8.41. The molecule has 34 heavy (non-hydrogen) atoms. The fraction of sp³-hybridized carbons (Fsp3) is 0.480. The number of carbonyl (C=O) groups excluding carboxylic acids is 1. The molecular weight excluding hydrogens is 439 g/mol. The third kappa shape index (κ3) is 3.10. The molecule has 3 saturated carbocycles. The van der Waals surface area contributed by atoms with Gasteiger partial charge in [0.05, 0.1) is 35.6 Å². The normalized spacial score (nSPS) is 31.4. The topological polar surface area (TPSA) is 86.9 Å². The summed E-state index contributed by atoms with van der Waals surface area (Å²) >= 11 is 0. The maximum Gasteiger partial charge on any atom is 0.274 e. The van der Waals surface area contributed by atoms with Crippen molar-refractivity contribution >= 4 is 17.2 Å². The minimum Gasteiger partial charge on any atom is -0.489 e. The van der Waals surface area contributed by atoms with Gasteiger partial charge in [-0.25, -0.2) is 9.37 Å². The fourth-order valence-corrected chi connectivity index (χ4v) is 5.55. The highest BCUT2D eigenvalue weighted by atomic mass is 19.1. The molecule has 9 heteroatoms. The van der Waals surface area contributed by atoms with Crippen LogP contribution in [0.25, 0.3) is 5.65 Å². The molecular formula is C25H25FN4O4. The van der Waals surface area contributed by atoms with Crippen LogP contribution in [0.15, 0.2) is 41.6 Å². The van der Waals surface area contributed by atoms with Gasteiger partial charge >= 0.3 is 0 Å². The molecule has 1 N–H and O–H groups in total. The van der Waals surface area contributed by atoms with E-state index in [0.29, 0.717) is 30.0 Å². The zero-order chi connectivity index (χ0) is 23.2. The lowest BCUT2D eigenvalue weighted by molar-refractivity contribution is 0.0154. The van der Waals surface area contributed by atoms with Crippen molar-refractivity contribution in [3.8, 4) is 5.75 Å². The molecule has 2 saturated heterocycles. The fourth-order valence-electron chi connectivity index (χ4n) is 5.55. The van der Waals surface area contributed by atoms with E-state index in [1.807, 2.05) is 10.6 Å². The molecule has 3 aliphatic carbocycles. The van der Waals surface area contributed by atoms with Crippen LogP contribution in [0.2, 0.25) is 0 Å². The van der Waals surface area contributed by atoms with E-state index in [2.05, 4.69) is 12.2 Å². The molecule has 2 bridgehead atoms. The van der Waals surface area contributed by atoms with E-state index in [-0.39, 0.29) is 22.8 Å². The molecule has 5 fully saturated rings. The number of anilines is 1. The average Bonchev–Trinajstić information content (AvgIpc) is 3.62. The van der Waals surface area contributed by atoms with Crippen LogP contribution >= 0.6 is 0 Å². The number of nitrogens with zero attached hydrogens (tertiary/aromatic N) is 3. The van der Waals surface area contributed by atoms with Gasteiger partial charge in [0, 0.05) is 36.5 Å². The van der Waals surface area contributed by atoms with Crippen LogP contribution in [-0.4, -0.2) is 44.3 Å². The van der Waals surface area contributed by atoms with Crippen molar-refractivity contribution < 1.29 is 18.7 Å². The molecule has 0 unspecified atom stereocenters. The molecule has 3 aromatic rings. The highest BCUT2D eigenvalue weighted by Crippen LogP contribution is 2.58. The number of hydrogen-bond donors (Lipinski definition) is 1. The molecule has 176 valence electrons. The SMILES string of the molecule is CC12CC(c3cn4cc(C(=O)Nc5cccn([C@H]6C[C@H]6F)c5=O)c(OC5CC5)cc4n3)(CO1)C2. The number of pyridine rings is 2. The molecule has 5 aliphatic rings. The number of nitrogens with one attached hydrogen (secondary N) is 1. The third-order valence-corrected chi connectivity index (χ3v) is 7.54. The first-order chi connectivity index (χ1) is 16.3. The number of amides is 1. The van der Waals surface area contributed by atoms with Crippen molar-refractivity contribution in [1.29, 1.82) is 0 Å². The first-order valence-corrected chi connectivity index (χ1v) is 11.8. The molecule has 2 atom stereocenters. The molecule has 3 aromatic heterocycles. The number of carbonyl (C=O) groups is 1. The zero-order valence-corrected chi connectivity index (χ0v) is 18.8. The second kappa shape index (κ2) is 6.69. The standard InChI is InChI=1S/C25H25FN4O4/c1-24-11-25(12-24,13-33-24)20-10-29-9-15(19(8-21(29)28-20)34-14-4-5-14)22(31)27-17-3-2-6-30(23(17)32)18-7-16(18)26/h2-3,6,8-10,14,16,18H,4-5,7,11-13H2,1H3,(H,27,31)/t16-,18+,24?,25?/m1/s1. The van der Waals surface area contributed by atoms with Crippen LogP contribution in [0.3, 0.4) is 0 Å². The van der Waals surface area contributed by atoms with Crippen LogP contribution < -0.4 is 15.6 Å². The first-order valence-electron chi connectivity index (χ1n) is 11.8. The summed E-state index contributed by atoms with van der Waals surface area (Å²) in [5, 5.41) is 2.72. The van der Waals surface area contributed by atoms with Gasteiger partial charge in [-0.2, -0.15) is 0 Å². The Bertz CT molecular complexity index is 1400. The van der Waals surface area contributed by atoms with Gasteiger partial charge in [-0.3, -0.25) is 9.59 Å². The lowest BCUT2D eigenvalue weighted by Crippen LogP contribution is -2.45. The minimum absolute atomic E-state index is 0.0493. The summed E-state index contributed by atoms with van der Waals surface area (Å²) in [5.41, 5.74) is 1.59. The van der Waals surface area contributed by atoms with Crippen molar-refractivity contribution in [2.75, 3.05) is 11.9 Å². The van der Waals surface area contributed by atoms with Crippen molar-refractivity contribution in [2.45, 2.75) is 68.4 Å². The Morgan fingerprint density at radius 1 is 1.32 bits per heavy atom. The molecule has 8 rings (SSSR count). The number of fused-ring (bicyclic) bond motifs is 2. The van der Waals surface area contributed by atoms with Crippen molar-refractivity contribution in [2.24, 2.45) is 0 Å². The van der Waals surface area contributed by atoms with Crippen molar-refractivity contribution in [1.82, 2.24) is 14.0 Å². The molecule has 1 amide bonds. The van der Waals surface area contributed by atoms with E-state index in [4.69, 9.17) is 14.5 Å². The Labute approximate surface area is 194 Å². The van der Waals surface area contributed by atoms with E-state index in [0.717, 1.165) is 31.4 Å². The van der Waals surface area contributed by atoms with Gasteiger partial charge in [0.1, 0.15) is 23.3 Å². The molecule has 0 radical (unpaired) electrons. The quantitative estimate of drug-likeness (QED) is 0.604. The second-order valence-corrected chi connectivity index (χ2v) is 10.5. The maximum atomic E-state index is 13.5. The number of hydrogen-bond acceptors (Lipinski definition) is 5. The smallest absolute Gasteiger partial charge is 0.274 e. The average molecular weight is 464 g/mol. The van der Waals surface area contributed by atoms with Crippen LogP contribution in [0, 0.1) is 0 Å². The van der Waals surface area contributed by atoms with Crippen LogP contribution in [0.4, 0.5) is 10.1 Å². The van der Waals surface area contributed by atoms with Gasteiger partial charge in [0.25, 0.3) is 11.5 Å². The Kier molecular flexibility index (Phi) is 3.97. The van der Waals surface area contributed by atoms with E-state index >= 15 is 0 Å². The number of imidazole rings is 1. The maximum absolute atomic E-state index is 13.5. The van der Waals surface area contributed by atoms with Gasteiger partial charge in [0.2, 0.25) is 0 Å². The van der Waals surface area contributed by atoms with E-state index < -0.39 is 23.7 Å². The van der Waals surface area contributed by atoms with Crippen molar-refractivity contribution in [3.05, 3.63) is 58.4 Å². The van der Waals surface area contributed by atoms with Gasteiger partial charge < -0.3 is 23.8 Å². The summed E-state index contributed by atoms with van der Waals surface area (Å²) in [6.45, 7) is 2.79. The third-order valence-electron chi connectivity index (χ3n) is 7.54. The number of aromatic nitrogens is 3. The lowest BCUT2D eigenvalue weighted by Gasteiger charge is -2.41.